The minimum Gasteiger partial charge on any atom is -0.484 e. The molecule has 1 unspecified atom stereocenters. The molecular weight excluding hydrogens is 409 g/mol. The molecule has 0 radical (unpaired) electrons. The van der Waals surface area contributed by atoms with Crippen LogP contribution in [-0.2, 0) is 4.79 Å². The third kappa shape index (κ3) is 5.68. The van der Waals surface area contributed by atoms with Gasteiger partial charge in [0.25, 0.3) is 5.91 Å². The Morgan fingerprint density at radius 2 is 1.88 bits per heavy atom. The number of halogens is 1. The zero-order chi connectivity index (χ0) is 22.3. The topological polar surface area (TPSA) is 58.0 Å². The van der Waals surface area contributed by atoms with E-state index < -0.39 is 0 Å². The summed E-state index contributed by atoms with van der Waals surface area (Å²) in [5.74, 6) is 1.10. The standard InChI is InChI=1S/C25H28FN3O3/c1-19-4-2-5-22(16-19)32-18-25(30)27-17-23(24-6-3-15-31-24)29-13-11-28(12-14-29)21-9-7-20(26)8-10-21/h2-10,15-16,23H,11-14,17-18H2,1H3,(H,27,30). The van der Waals surface area contributed by atoms with Gasteiger partial charge < -0.3 is 19.4 Å². The lowest BCUT2D eigenvalue weighted by Gasteiger charge is -2.39. The third-order valence-corrected chi connectivity index (χ3v) is 5.67. The van der Waals surface area contributed by atoms with Gasteiger partial charge in [0.05, 0.1) is 12.3 Å². The molecule has 7 heteroatoms. The Kier molecular flexibility index (Phi) is 7.07. The molecule has 2 aromatic carbocycles. The van der Waals surface area contributed by atoms with Gasteiger partial charge in [0.2, 0.25) is 0 Å². The summed E-state index contributed by atoms with van der Waals surface area (Å²) in [4.78, 5) is 16.9. The van der Waals surface area contributed by atoms with Gasteiger partial charge in [-0.2, -0.15) is 0 Å². The number of piperazine rings is 1. The summed E-state index contributed by atoms with van der Waals surface area (Å²) in [5.41, 5.74) is 2.10. The Bertz CT molecular complexity index is 1000. The highest BCUT2D eigenvalue weighted by atomic mass is 19.1. The number of hydrogen-bond acceptors (Lipinski definition) is 5. The number of furan rings is 1. The van der Waals surface area contributed by atoms with Crippen LogP contribution in [0.4, 0.5) is 10.1 Å². The normalized spacial score (nSPS) is 15.4. The Morgan fingerprint density at radius 3 is 2.56 bits per heavy atom. The highest BCUT2D eigenvalue weighted by Crippen LogP contribution is 2.24. The van der Waals surface area contributed by atoms with Crippen LogP contribution < -0.4 is 15.0 Å². The number of aryl methyl sites for hydroxylation is 1. The van der Waals surface area contributed by atoms with Crippen LogP contribution in [0.1, 0.15) is 17.4 Å². The van der Waals surface area contributed by atoms with Crippen LogP contribution in [0.15, 0.2) is 71.3 Å². The highest BCUT2D eigenvalue weighted by molar-refractivity contribution is 5.77. The van der Waals surface area contributed by atoms with E-state index in [-0.39, 0.29) is 24.4 Å². The number of carbonyl (C=O) groups is 1. The van der Waals surface area contributed by atoms with Crippen molar-refractivity contribution >= 4 is 11.6 Å². The van der Waals surface area contributed by atoms with Gasteiger partial charge >= 0.3 is 0 Å². The van der Waals surface area contributed by atoms with E-state index in [4.69, 9.17) is 9.15 Å². The molecule has 1 aliphatic heterocycles. The number of ether oxygens (including phenoxy) is 1. The van der Waals surface area contributed by atoms with Crippen molar-refractivity contribution in [3.8, 4) is 5.75 Å². The van der Waals surface area contributed by atoms with Crippen molar-refractivity contribution in [2.45, 2.75) is 13.0 Å². The monoisotopic (exact) mass is 437 g/mol. The van der Waals surface area contributed by atoms with Crippen LogP contribution in [0, 0.1) is 12.7 Å². The number of anilines is 1. The first-order chi connectivity index (χ1) is 15.6. The molecule has 6 nitrogen and oxygen atoms in total. The fourth-order valence-electron chi connectivity index (χ4n) is 3.95. The lowest BCUT2D eigenvalue weighted by atomic mass is 10.1. The van der Waals surface area contributed by atoms with Gasteiger partial charge in [-0.15, -0.1) is 0 Å². The minimum absolute atomic E-state index is 0.0350. The van der Waals surface area contributed by atoms with Gasteiger partial charge in [0.1, 0.15) is 17.3 Å². The number of amides is 1. The van der Waals surface area contributed by atoms with E-state index in [1.54, 1.807) is 6.26 Å². The smallest absolute Gasteiger partial charge is 0.258 e. The Labute approximate surface area is 187 Å². The van der Waals surface area contributed by atoms with Crippen LogP contribution in [0.5, 0.6) is 5.75 Å². The van der Waals surface area contributed by atoms with Crippen LogP contribution in [0.25, 0.3) is 0 Å². The van der Waals surface area contributed by atoms with Gasteiger partial charge in [0, 0.05) is 38.4 Å². The zero-order valence-corrected chi connectivity index (χ0v) is 18.2. The third-order valence-electron chi connectivity index (χ3n) is 5.67. The second-order valence-electron chi connectivity index (χ2n) is 7.94. The first-order valence-corrected chi connectivity index (χ1v) is 10.8. The van der Waals surface area contributed by atoms with E-state index in [1.165, 1.54) is 12.1 Å². The average molecular weight is 438 g/mol. The second kappa shape index (κ2) is 10.3. The van der Waals surface area contributed by atoms with Crippen molar-refractivity contribution in [2.75, 3.05) is 44.2 Å². The summed E-state index contributed by atoms with van der Waals surface area (Å²) in [6.45, 7) is 5.61. The van der Waals surface area contributed by atoms with Crippen LogP contribution in [-0.4, -0.2) is 50.1 Å². The first kappa shape index (κ1) is 21.9. The molecule has 4 rings (SSSR count). The molecule has 1 aromatic heterocycles. The second-order valence-corrected chi connectivity index (χ2v) is 7.94. The molecular formula is C25H28FN3O3. The first-order valence-electron chi connectivity index (χ1n) is 10.8. The van der Waals surface area contributed by atoms with Crippen molar-refractivity contribution in [1.82, 2.24) is 10.2 Å². The van der Waals surface area contributed by atoms with E-state index in [9.17, 15) is 9.18 Å². The van der Waals surface area contributed by atoms with Gasteiger partial charge in [-0.3, -0.25) is 9.69 Å². The molecule has 0 saturated carbocycles. The lowest BCUT2D eigenvalue weighted by molar-refractivity contribution is -0.123. The van der Waals surface area contributed by atoms with Gasteiger partial charge in [-0.1, -0.05) is 12.1 Å². The molecule has 3 aromatic rings. The largest absolute Gasteiger partial charge is 0.484 e. The molecule has 1 saturated heterocycles. The number of hydrogen-bond donors (Lipinski definition) is 1. The fraction of sp³-hybridized carbons (Fsp3) is 0.320. The summed E-state index contributed by atoms with van der Waals surface area (Å²) in [6.07, 6.45) is 1.65. The zero-order valence-electron chi connectivity index (χ0n) is 18.2. The molecule has 1 N–H and O–H groups in total. The van der Waals surface area contributed by atoms with E-state index in [0.717, 1.165) is 43.2 Å². The predicted molar refractivity (Wildman–Crippen MR) is 121 cm³/mol. The maximum Gasteiger partial charge on any atom is 0.258 e. The number of nitrogens with zero attached hydrogens (tertiary/aromatic N) is 2. The molecule has 168 valence electrons. The molecule has 0 aliphatic carbocycles. The van der Waals surface area contributed by atoms with E-state index >= 15 is 0 Å². The Hall–Kier alpha value is -3.32. The predicted octanol–water partition coefficient (Wildman–Crippen LogP) is 3.79. The van der Waals surface area contributed by atoms with Gasteiger partial charge in [0.15, 0.2) is 6.61 Å². The van der Waals surface area contributed by atoms with E-state index in [2.05, 4.69) is 15.1 Å². The van der Waals surface area contributed by atoms with E-state index in [1.807, 2.05) is 55.5 Å². The summed E-state index contributed by atoms with van der Waals surface area (Å²) in [7, 11) is 0. The molecule has 2 heterocycles. The molecule has 32 heavy (non-hydrogen) atoms. The summed E-state index contributed by atoms with van der Waals surface area (Å²) in [6, 6.07) is 18.0. The Balaban J connectivity index is 1.32. The highest BCUT2D eigenvalue weighted by Gasteiger charge is 2.27. The van der Waals surface area contributed by atoms with Crippen molar-refractivity contribution in [2.24, 2.45) is 0 Å². The minimum atomic E-state index is -0.229. The lowest BCUT2D eigenvalue weighted by Crippen LogP contribution is -2.50. The summed E-state index contributed by atoms with van der Waals surface area (Å²) < 4.78 is 24.5. The van der Waals surface area contributed by atoms with Gasteiger partial charge in [-0.25, -0.2) is 4.39 Å². The van der Waals surface area contributed by atoms with Crippen LogP contribution in [0.3, 0.4) is 0 Å². The van der Waals surface area contributed by atoms with Gasteiger partial charge in [-0.05, 0) is 61.0 Å². The van der Waals surface area contributed by atoms with Crippen LogP contribution >= 0.6 is 0 Å². The summed E-state index contributed by atoms with van der Waals surface area (Å²) >= 11 is 0. The Morgan fingerprint density at radius 1 is 1.09 bits per heavy atom. The number of carbonyl (C=O) groups excluding carboxylic acids is 1. The number of benzene rings is 2. The van der Waals surface area contributed by atoms with E-state index in [0.29, 0.717) is 12.3 Å². The van der Waals surface area contributed by atoms with Crippen LogP contribution in [0.2, 0.25) is 0 Å². The molecule has 1 aliphatic rings. The SMILES string of the molecule is Cc1cccc(OCC(=O)NCC(c2ccco2)N2CCN(c3ccc(F)cc3)CC2)c1. The molecule has 1 fully saturated rings. The van der Waals surface area contributed by atoms with Crippen molar-refractivity contribution in [3.63, 3.8) is 0 Å². The number of rotatable bonds is 8. The van der Waals surface area contributed by atoms with Crippen molar-refractivity contribution < 1.29 is 18.3 Å². The maximum absolute atomic E-state index is 13.2. The average Bonchev–Trinajstić information content (AvgIpc) is 3.34. The number of nitrogens with one attached hydrogen (secondary N) is 1. The molecule has 0 bridgehead atoms. The molecule has 1 amide bonds. The quantitative estimate of drug-likeness (QED) is 0.581. The fourth-order valence-corrected chi connectivity index (χ4v) is 3.95. The molecule has 0 spiro atoms. The maximum atomic E-state index is 13.2. The summed E-state index contributed by atoms with van der Waals surface area (Å²) in [5, 5.41) is 2.98. The van der Waals surface area contributed by atoms with Crippen molar-refractivity contribution in [1.29, 1.82) is 0 Å². The van der Waals surface area contributed by atoms with Crippen molar-refractivity contribution in [3.05, 3.63) is 84.1 Å². The molecule has 1 atom stereocenters.